The second-order valence-electron chi connectivity index (χ2n) is 6.07. The predicted molar refractivity (Wildman–Crippen MR) is 98.9 cm³/mol. The highest BCUT2D eigenvalue weighted by Crippen LogP contribution is 2.21. The van der Waals surface area contributed by atoms with Crippen molar-refractivity contribution in [1.82, 2.24) is 14.8 Å². The Kier molecular flexibility index (Phi) is 5.67. The molecule has 1 aromatic carbocycles. The smallest absolute Gasteiger partial charge is 0.409 e. The summed E-state index contributed by atoms with van der Waals surface area (Å²) in [4.78, 5) is 32.0. The Morgan fingerprint density at radius 1 is 1.11 bits per heavy atom. The predicted octanol–water partition coefficient (Wildman–Crippen LogP) is 2.53. The zero-order valence-electron chi connectivity index (χ0n) is 15.1. The molecule has 1 aliphatic rings. The summed E-state index contributed by atoms with van der Waals surface area (Å²) in [6.45, 7) is 3.97. The van der Waals surface area contributed by atoms with Crippen molar-refractivity contribution in [2.75, 3.05) is 32.8 Å². The summed E-state index contributed by atoms with van der Waals surface area (Å²) in [5.74, 6) is -0.0772. The average molecular weight is 364 g/mol. The fourth-order valence-corrected chi connectivity index (χ4v) is 2.99. The van der Waals surface area contributed by atoms with Crippen molar-refractivity contribution < 1.29 is 14.3 Å². The van der Waals surface area contributed by atoms with E-state index in [2.05, 4.69) is 11.1 Å². The van der Waals surface area contributed by atoms with E-state index in [1.165, 1.54) is 0 Å². The van der Waals surface area contributed by atoms with Gasteiger partial charge in [0.05, 0.1) is 17.9 Å². The van der Waals surface area contributed by atoms with Gasteiger partial charge in [0.25, 0.3) is 5.91 Å². The van der Waals surface area contributed by atoms with E-state index in [-0.39, 0.29) is 12.0 Å². The van der Waals surface area contributed by atoms with Crippen LogP contribution in [-0.4, -0.2) is 59.6 Å². The van der Waals surface area contributed by atoms with E-state index < -0.39 is 0 Å². The fraction of sp³-hybridized carbons (Fsp3) is 0.300. The summed E-state index contributed by atoms with van der Waals surface area (Å²) in [5.41, 5.74) is 2.45. The number of benzene rings is 1. The van der Waals surface area contributed by atoms with Crippen LogP contribution < -0.4 is 0 Å². The van der Waals surface area contributed by atoms with Gasteiger partial charge in [-0.25, -0.2) is 4.79 Å². The Hall–Kier alpha value is -3.40. The molecule has 0 N–H and O–H groups in total. The van der Waals surface area contributed by atoms with E-state index in [0.29, 0.717) is 49.6 Å². The van der Waals surface area contributed by atoms with Gasteiger partial charge in [-0.15, -0.1) is 0 Å². The highest BCUT2D eigenvalue weighted by atomic mass is 16.6. The number of aromatic nitrogens is 1. The average Bonchev–Trinajstić information content (AvgIpc) is 2.73. The standard InChI is InChI=1S/C20H20N4O3/c1-2-27-20(26)24-12-10-23(11-13-24)19(25)16-7-5-15(6-8-16)18-17(14-21)4-3-9-22-18/h3-9H,2,10-13H2,1H3. The minimum absolute atomic E-state index is 0.0772. The van der Waals surface area contributed by atoms with Gasteiger partial charge in [0.2, 0.25) is 0 Å². The van der Waals surface area contributed by atoms with Gasteiger partial charge in [-0.05, 0) is 31.2 Å². The molecule has 7 nitrogen and oxygen atoms in total. The first kappa shape index (κ1) is 18.4. The molecule has 0 unspecified atom stereocenters. The van der Waals surface area contributed by atoms with Gasteiger partial charge in [0, 0.05) is 43.5 Å². The van der Waals surface area contributed by atoms with Gasteiger partial charge in [0.15, 0.2) is 0 Å². The molecule has 0 saturated carbocycles. The van der Waals surface area contributed by atoms with Gasteiger partial charge in [0.1, 0.15) is 6.07 Å². The lowest BCUT2D eigenvalue weighted by Crippen LogP contribution is -2.50. The summed E-state index contributed by atoms with van der Waals surface area (Å²) in [7, 11) is 0. The maximum Gasteiger partial charge on any atom is 0.409 e. The van der Waals surface area contributed by atoms with Crippen LogP contribution in [0.25, 0.3) is 11.3 Å². The Balaban J connectivity index is 1.67. The monoisotopic (exact) mass is 364 g/mol. The largest absolute Gasteiger partial charge is 0.450 e. The molecule has 3 rings (SSSR count). The molecular formula is C20H20N4O3. The number of pyridine rings is 1. The Bertz CT molecular complexity index is 866. The van der Waals surface area contributed by atoms with Gasteiger partial charge in [-0.1, -0.05) is 12.1 Å². The minimum Gasteiger partial charge on any atom is -0.450 e. The third-order valence-electron chi connectivity index (χ3n) is 4.43. The van der Waals surface area contributed by atoms with E-state index >= 15 is 0 Å². The first-order valence-electron chi connectivity index (χ1n) is 8.80. The van der Waals surface area contributed by atoms with Crippen LogP contribution in [0.5, 0.6) is 0 Å². The highest BCUT2D eigenvalue weighted by molar-refractivity contribution is 5.95. The van der Waals surface area contributed by atoms with Gasteiger partial charge in [-0.3, -0.25) is 9.78 Å². The van der Waals surface area contributed by atoms with Crippen molar-refractivity contribution in [2.45, 2.75) is 6.92 Å². The normalized spacial score (nSPS) is 13.8. The molecule has 2 heterocycles. The number of carbonyl (C=O) groups excluding carboxylic acids is 2. The van der Waals surface area contributed by atoms with Crippen molar-refractivity contribution in [3.05, 3.63) is 53.7 Å². The molecule has 2 amide bonds. The topological polar surface area (TPSA) is 86.5 Å². The number of rotatable bonds is 3. The van der Waals surface area contributed by atoms with Crippen LogP contribution in [-0.2, 0) is 4.74 Å². The first-order chi connectivity index (χ1) is 13.1. The van der Waals surface area contributed by atoms with Crippen molar-refractivity contribution in [3.8, 4) is 17.3 Å². The van der Waals surface area contributed by atoms with Crippen molar-refractivity contribution in [1.29, 1.82) is 5.26 Å². The van der Waals surface area contributed by atoms with E-state index in [9.17, 15) is 14.9 Å². The van der Waals surface area contributed by atoms with E-state index in [1.807, 2.05) is 0 Å². The molecule has 2 aromatic rings. The second-order valence-corrected chi connectivity index (χ2v) is 6.07. The van der Waals surface area contributed by atoms with E-state index in [4.69, 9.17) is 4.74 Å². The number of nitrogens with zero attached hydrogens (tertiary/aromatic N) is 4. The van der Waals surface area contributed by atoms with Crippen LogP contribution in [0.3, 0.4) is 0 Å². The lowest BCUT2D eigenvalue weighted by molar-refractivity contribution is 0.0570. The molecule has 0 radical (unpaired) electrons. The van der Waals surface area contributed by atoms with Crippen LogP contribution in [0.2, 0.25) is 0 Å². The van der Waals surface area contributed by atoms with Gasteiger partial charge in [-0.2, -0.15) is 5.26 Å². The molecular weight excluding hydrogens is 344 g/mol. The summed E-state index contributed by atoms with van der Waals surface area (Å²) < 4.78 is 4.99. The maximum atomic E-state index is 12.7. The molecule has 27 heavy (non-hydrogen) atoms. The number of hydrogen-bond donors (Lipinski definition) is 0. The van der Waals surface area contributed by atoms with Crippen molar-refractivity contribution in [3.63, 3.8) is 0 Å². The molecule has 7 heteroatoms. The molecule has 1 saturated heterocycles. The second kappa shape index (κ2) is 8.32. The zero-order chi connectivity index (χ0) is 19.2. The van der Waals surface area contributed by atoms with Crippen LogP contribution >= 0.6 is 0 Å². The van der Waals surface area contributed by atoms with E-state index in [0.717, 1.165) is 5.56 Å². The zero-order valence-corrected chi connectivity index (χ0v) is 15.1. The highest BCUT2D eigenvalue weighted by Gasteiger charge is 2.25. The Morgan fingerprint density at radius 3 is 2.41 bits per heavy atom. The molecule has 0 atom stereocenters. The SMILES string of the molecule is CCOC(=O)N1CCN(C(=O)c2ccc(-c3ncccc3C#N)cc2)CC1. The molecule has 1 aliphatic heterocycles. The van der Waals surface area contributed by atoms with Gasteiger partial charge < -0.3 is 14.5 Å². The summed E-state index contributed by atoms with van der Waals surface area (Å²) in [6.07, 6.45) is 1.30. The Morgan fingerprint density at radius 2 is 1.78 bits per heavy atom. The third kappa shape index (κ3) is 4.06. The van der Waals surface area contributed by atoms with Crippen LogP contribution in [0, 0.1) is 11.3 Å². The van der Waals surface area contributed by atoms with Gasteiger partial charge >= 0.3 is 6.09 Å². The fourth-order valence-electron chi connectivity index (χ4n) is 2.99. The molecule has 1 fully saturated rings. The maximum absolute atomic E-state index is 12.7. The summed E-state index contributed by atoms with van der Waals surface area (Å²) in [6, 6.07) is 12.6. The molecule has 138 valence electrons. The Labute approximate surface area is 157 Å². The summed E-state index contributed by atoms with van der Waals surface area (Å²) in [5, 5.41) is 9.20. The van der Waals surface area contributed by atoms with Crippen molar-refractivity contribution >= 4 is 12.0 Å². The number of piperazine rings is 1. The molecule has 1 aromatic heterocycles. The van der Waals surface area contributed by atoms with Crippen LogP contribution in [0.1, 0.15) is 22.8 Å². The molecule has 0 bridgehead atoms. The quantitative estimate of drug-likeness (QED) is 0.835. The number of amides is 2. The minimum atomic E-state index is -0.336. The molecule has 0 spiro atoms. The lowest BCUT2D eigenvalue weighted by atomic mass is 10.0. The number of hydrogen-bond acceptors (Lipinski definition) is 5. The van der Waals surface area contributed by atoms with Crippen LogP contribution in [0.15, 0.2) is 42.6 Å². The number of nitriles is 1. The first-order valence-corrected chi connectivity index (χ1v) is 8.80. The number of ether oxygens (including phenoxy) is 1. The summed E-state index contributed by atoms with van der Waals surface area (Å²) >= 11 is 0. The van der Waals surface area contributed by atoms with Crippen LogP contribution in [0.4, 0.5) is 4.79 Å². The molecule has 0 aliphatic carbocycles. The van der Waals surface area contributed by atoms with E-state index in [1.54, 1.807) is 59.3 Å². The third-order valence-corrected chi connectivity index (χ3v) is 4.43. The number of carbonyl (C=O) groups is 2. The lowest BCUT2D eigenvalue weighted by Gasteiger charge is -2.34. The van der Waals surface area contributed by atoms with Crippen molar-refractivity contribution in [2.24, 2.45) is 0 Å².